The number of hydrogen-bond donors (Lipinski definition) is 1. The first-order chi connectivity index (χ1) is 8.08. The van der Waals surface area contributed by atoms with Gasteiger partial charge in [-0.1, -0.05) is 18.5 Å². The van der Waals surface area contributed by atoms with Gasteiger partial charge in [0.05, 0.1) is 10.4 Å². The maximum atomic E-state index is 6.49. The molecule has 0 amide bonds. The van der Waals surface area contributed by atoms with Gasteiger partial charge in [-0.15, -0.1) is 11.3 Å². The largest absolute Gasteiger partial charge is 0.322 e. The van der Waals surface area contributed by atoms with Crippen LogP contribution >= 0.6 is 22.9 Å². The molecule has 0 radical (unpaired) electrons. The summed E-state index contributed by atoms with van der Waals surface area (Å²) < 4.78 is 0.829. The van der Waals surface area contributed by atoms with Crippen molar-refractivity contribution in [3.63, 3.8) is 0 Å². The summed E-state index contributed by atoms with van der Waals surface area (Å²) in [6, 6.07) is 4.08. The molecule has 2 heterocycles. The van der Waals surface area contributed by atoms with Crippen LogP contribution in [0.25, 0.3) is 0 Å². The maximum Gasteiger partial charge on any atom is 0.0931 e. The Balaban J connectivity index is 2.21. The van der Waals surface area contributed by atoms with Crippen LogP contribution in [0.4, 0.5) is 0 Å². The van der Waals surface area contributed by atoms with Crippen LogP contribution in [0.2, 0.25) is 4.34 Å². The minimum Gasteiger partial charge on any atom is -0.322 e. The van der Waals surface area contributed by atoms with Gasteiger partial charge in [0.15, 0.2) is 0 Å². The fourth-order valence-electron chi connectivity index (χ4n) is 2.67. The Morgan fingerprint density at radius 2 is 2.12 bits per heavy atom. The monoisotopic (exact) mass is 272 g/mol. The van der Waals surface area contributed by atoms with Crippen molar-refractivity contribution in [3.8, 4) is 0 Å². The molecule has 4 heteroatoms. The van der Waals surface area contributed by atoms with E-state index in [0.29, 0.717) is 0 Å². The van der Waals surface area contributed by atoms with Crippen LogP contribution in [0.15, 0.2) is 12.1 Å². The second kappa shape index (κ2) is 5.27. The molecule has 0 saturated carbocycles. The summed E-state index contributed by atoms with van der Waals surface area (Å²) in [5.41, 5.74) is 6.55. The molecular formula is C13H21ClN2S. The number of hydrogen-bond acceptors (Lipinski definition) is 3. The van der Waals surface area contributed by atoms with E-state index in [1.54, 1.807) is 11.3 Å². The fourth-order valence-corrected chi connectivity index (χ4v) is 3.88. The van der Waals surface area contributed by atoms with E-state index in [2.05, 4.69) is 24.8 Å². The molecule has 96 valence electrons. The molecule has 1 aromatic heterocycles. The van der Waals surface area contributed by atoms with Crippen LogP contribution < -0.4 is 5.73 Å². The second-order valence-electron chi connectivity index (χ2n) is 5.02. The minimum absolute atomic E-state index is 0.0584. The van der Waals surface area contributed by atoms with Crippen LogP contribution in [0.5, 0.6) is 0 Å². The third kappa shape index (κ3) is 2.53. The number of nitrogens with zero attached hydrogens (tertiary/aromatic N) is 1. The van der Waals surface area contributed by atoms with Crippen LogP contribution in [0.3, 0.4) is 0 Å². The Kier molecular flexibility index (Phi) is 4.14. The summed E-state index contributed by atoms with van der Waals surface area (Å²) >= 11 is 7.62. The molecule has 2 N–H and O–H groups in total. The fraction of sp³-hybridized carbons (Fsp3) is 0.692. The van der Waals surface area contributed by atoms with E-state index in [9.17, 15) is 0 Å². The minimum atomic E-state index is 0.0584. The normalized spacial score (nSPS) is 22.6. The van der Waals surface area contributed by atoms with E-state index < -0.39 is 0 Å². The van der Waals surface area contributed by atoms with E-state index in [0.717, 1.165) is 10.8 Å². The van der Waals surface area contributed by atoms with Gasteiger partial charge in [0, 0.05) is 10.4 Å². The van der Waals surface area contributed by atoms with Crippen molar-refractivity contribution in [2.24, 2.45) is 5.73 Å². The van der Waals surface area contributed by atoms with Gasteiger partial charge in [-0.25, -0.2) is 0 Å². The van der Waals surface area contributed by atoms with Crippen LogP contribution in [-0.4, -0.2) is 23.5 Å². The maximum absolute atomic E-state index is 6.49. The number of nitrogens with two attached hydrogens (primary N) is 1. The smallest absolute Gasteiger partial charge is 0.0931 e. The number of halogens is 1. The second-order valence-corrected chi connectivity index (χ2v) is 6.77. The first kappa shape index (κ1) is 13.3. The summed E-state index contributed by atoms with van der Waals surface area (Å²) in [4.78, 5) is 3.75. The molecule has 0 bridgehead atoms. The van der Waals surface area contributed by atoms with Gasteiger partial charge < -0.3 is 5.73 Å². The Hall–Kier alpha value is -0.0900. The highest BCUT2D eigenvalue weighted by atomic mass is 35.5. The lowest BCUT2D eigenvalue weighted by Crippen LogP contribution is -2.51. The molecule has 1 aliphatic rings. The number of likely N-dealkylation sites (tertiary alicyclic amines) is 1. The van der Waals surface area contributed by atoms with E-state index >= 15 is 0 Å². The molecule has 1 fully saturated rings. The lowest BCUT2D eigenvalue weighted by atomic mass is 9.87. The van der Waals surface area contributed by atoms with E-state index in [1.165, 1.54) is 30.8 Å². The van der Waals surface area contributed by atoms with Gasteiger partial charge in [0.2, 0.25) is 0 Å². The molecule has 17 heavy (non-hydrogen) atoms. The Bertz CT molecular complexity index is 373. The summed E-state index contributed by atoms with van der Waals surface area (Å²) in [6.45, 7) is 6.87. The first-order valence-electron chi connectivity index (χ1n) is 6.34. The topological polar surface area (TPSA) is 29.3 Å². The number of rotatable bonds is 4. The lowest BCUT2D eigenvalue weighted by molar-refractivity contribution is 0.101. The summed E-state index contributed by atoms with van der Waals surface area (Å²) in [7, 11) is 0. The number of thiophene rings is 1. The molecule has 2 rings (SSSR count). The van der Waals surface area contributed by atoms with E-state index in [1.807, 2.05) is 6.07 Å². The molecule has 2 atom stereocenters. The molecule has 0 aromatic carbocycles. The zero-order valence-corrected chi connectivity index (χ0v) is 12.2. The van der Waals surface area contributed by atoms with E-state index in [-0.39, 0.29) is 11.6 Å². The molecule has 0 spiro atoms. The zero-order valence-electron chi connectivity index (χ0n) is 10.6. The molecule has 1 aliphatic heterocycles. The van der Waals surface area contributed by atoms with Gasteiger partial charge in [-0.2, -0.15) is 0 Å². The molecule has 0 aliphatic carbocycles. The molecule has 1 aromatic rings. The van der Waals surface area contributed by atoms with Crippen molar-refractivity contribution in [1.29, 1.82) is 0 Å². The molecule has 1 saturated heterocycles. The average Bonchev–Trinajstić information content (AvgIpc) is 2.97. The third-order valence-corrected chi connectivity index (χ3v) is 5.43. The molecule has 2 unspecified atom stereocenters. The third-order valence-electron chi connectivity index (χ3n) is 4.11. The van der Waals surface area contributed by atoms with E-state index in [4.69, 9.17) is 17.3 Å². The molecule has 2 nitrogen and oxygen atoms in total. The average molecular weight is 273 g/mol. The zero-order chi connectivity index (χ0) is 12.5. The van der Waals surface area contributed by atoms with Crippen molar-refractivity contribution in [2.45, 2.75) is 44.7 Å². The van der Waals surface area contributed by atoms with Gasteiger partial charge >= 0.3 is 0 Å². The summed E-state index contributed by atoms with van der Waals surface area (Å²) in [5.74, 6) is 0. The highest BCUT2D eigenvalue weighted by Crippen LogP contribution is 2.38. The van der Waals surface area contributed by atoms with Gasteiger partial charge in [-0.3, -0.25) is 4.90 Å². The van der Waals surface area contributed by atoms with Crippen molar-refractivity contribution in [3.05, 3.63) is 21.3 Å². The van der Waals surface area contributed by atoms with Crippen LogP contribution in [0, 0.1) is 0 Å². The summed E-state index contributed by atoms with van der Waals surface area (Å²) in [5, 5.41) is 0. The highest BCUT2D eigenvalue weighted by Gasteiger charge is 2.38. The van der Waals surface area contributed by atoms with Crippen molar-refractivity contribution in [1.82, 2.24) is 4.90 Å². The van der Waals surface area contributed by atoms with Gasteiger partial charge in [0.25, 0.3) is 0 Å². The van der Waals surface area contributed by atoms with Crippen molar-refractivity contribution < 1.29 is 0 Å². The van der Waals surface area contributed by atoms with Crippen LogP contribution in [0.1, 0.15) is 44.0 Å². The summed E-state index contributed by atoms with van der Waals surface area (Å²) in [6.07, 6.45) is 3.67. The van der Waals surface area contributed by atoms with Crippen LogP contribution in [-0.2, 0) is 0 Å². The Labute approximate surface area is 113 Å². The van der Waals surface area contributed by atoms with Gasteiger partial charge in [-0.05, 0) is 51.4 Å². The lowest BCUT2D eigenvalue weighted by Gasteiger charge is -2.42. The first-order valence-corrected chi connectivity index (χ1v) is 7.53. The predicted molar refractivity (Wildman–Crippen MR) is 75.8 cm³/mol. The Morgan fingerprint density at radius 1 is 1.47 bits per heavy atom. The van der Waals surface area contributed by atoms with Crippen molar-refractivity contribution >= 4 is 22.9 Å². The van der Waals surface area contributed by atoms with Gasteiger partial charge in [0.1, 0.15) is 0 Å². The highest BCUT2D eigenvalue weighted by molar-refractivity contribution is 7.16. The SMILES string of the molecule is CCC(C)(C(N)c1ccc(Cl)s1)N1CCCC1. The molecular weight excluding hydrogens is 252 g/mol. The quantitative estimate of drug-likeness (QED) is 0.906. The predicted octanol–water partition coefficient (Wildman–Crippen LogP) is 3.67. The van der Waals surface area contributed by atoms with Crippen molar-refractivity contribution in [2.75, 3.05) is 13.1 Å². The standard InChI is InChI=1S/C13H21ClN2S/c1-3-13(2,16-8-4-5-9-16)12(15)10-6-7-11(14)17-10/h6-7,12H,3-5,8-9,15H2,1-2H3. The Morgan fingerprint density at radius 3 is 2.59 bits per heavy atom.